The van der Waals surface area contributed by atoms with E-state index in [1.54, 1.807) is 0 Å². The molecule has 1 atom stereocenters. The SMILES string of the molecule is CC(NCC1(CO)CCCCC1)c1ccncc1. The van der Waals surface area contributed by atoms with Gasteiger partial charge < -0.3 is 10.4 Å². The van der Waals surface area contributed by atoms with E-state index in [0.29, 0.717) is 12.6 Å². The van der Waals surface area contributed by atoms with Crippen molar-refractivity contribution in [3.8, 4) is 0 Å². The average Bonchev–Trinajstić information content (AvgIpc) is 2.47. The molecule has 0 amide bonds. The minimum atomic E-state index is 0.111. The van der Waals surface area contributed by atoms with Crippen molar-refractivity contribution < 1.29 is 5.11 Å². The van der Waals surface area contributed by atoms with Gasteiger partial charge in [0.25, 0.3) is 0 Å². The van der Waals surface area contributed by atoms with E-state index in [-0.39, 0.29) is 5.41 Å². The summed E-state index contributed by atoms with van der Waals surface area (Å²) in [6.45, 7) is 3.39. The largest absolute Gasteiger partial charge is 0.396 e. The Hall–Kier alpha value is -0.930. The quantitative estimate of drug-likeness (QED) is 0.842. The molecule has 0 aliphatic heterocycles. The van der Waals surface area contributed by atoms with Crippen LogP contribution in [0.15, 0.2) is 24.5 Å². The van der Waals surface area contributed by atoms with Crippen molar-refractivity contribution >= 4 is 0 Å². The molecule has 2 N–H and O–H groups in total. The molecule has 2 rings (SSSR count). The predicted molar refractivity (Wildman–Crippen MR) is 73.3 cm³/mol. The number of aliphatic hydroxyl groups excluding tert-OH is 1. The fourth-order valence-electron chi connectivity index (χ4n) is 2.83. The fraction of sp³-hybridized carbons (Fsp3) is 0.667. The molecule has 1 unspecified atom stereocenters. The smallest absolute Gasteiger partial charge is 0.0499 e. The Balaban J connectivity index is 1.90. The van der Waals surface area contributed by atoms with Crippen LogP contribution < -0.4 is 5.32 Å². The average molecular weight is 248 g/mol. The molecule has 1 aliphatic carbocycles. The normalized spacial score (nSPS) is 20.6. The van der Waals surface area contributed by atoms with Gasteiger partial charge in [-0.05, 0) is 37.5 Å². The lowest BCUT2D eigenvalue weighted by Gasteiger charge is -2.36. The molecule has 1 heterocycles. The van der Waals surface area contributed by atoms with Gasteiger partial charge in [0.1, 0.15) is 0 Å². The summed E-state index contributed by atoms with van der Waals surface area (Å²) in [4.78, 5) is 4.04. The second-order valence-electron chi connectivity index (χ2n) is 5.60. The van der Waals surface area contributed by atoms with Gasteiger partial charge in [0.2, 0.25) is 0 Å². The standard InChI is InChI=1S/C15H24N2O/c1-13(14-5-9-16-10-6-14)17-11-15(12-18)7-3-2-4-8-15/h5-6,9-10,13,17-18H,2-4,7-8,11-12H2,1H3. The molecule has 3 heteroatoms. The molecule has 0 bridgehead atoms. The predicted octanol–water partition coefficient (Wildman–Crippen LogP) is 2.68. The first kappa shape index (κ1) is 13.5. The van der Waals surface area contributed by atoms with Crippen LogP contribution in [0.5, 0.6) is 0 Å². The molecule has 0 spiro atoms. The Kier molecular flexibility index (Phi) is 4.72. The Morgan fingerprint density at radius 3 is 2.56 bits per heavy atom. The van der Waals surface area contributed by atoms with Crippen molar-refractivity contribution in [3.05, 3.63) is 30.1 Å². The highest BCUT2D eigenvalue weighted by atomic mass is 16.3. The Labute approximate surface area is 110 Å². The Morgan fingerprint density at radius 1 is 1.28 bits per heavy atom. The highest BCUT2D eigenvalue weighted by Crippen LogP contribution is 2.35. The second-order valence-corrected chi connectivity index (χ2v) is 5.60. The van der Waals surface area contributed by atoms with Gasteiger partial charge in [-0.1, -0.05) is 19.3 Å². The third kappa shape index (κ3) is 3.30. The van der Waals surface area contributed by atoms with E-state index in [1.165, 1.54) is 24.8 Å². The summed E-state index contributed by atoms with van der Waals surface area (Å²) in [5.74, 6) is 0. The zero-order valence-electron chi connectivity index (χ0n) is 11.2. The van der Waals surface area contributed by atoms with Crippen LogP contribution in [0.3, 0.4) is 0 Å². The number of rotatable bonds is 5. The summed E-state index contributed by atoms with van der Waals surface area (Å²) < 4.78 is 0. The Bertz CT molecular complexity index is 347. The molecular weight excluding hydrogens is 224 g/mol. The van der Waals surface area contributed by atoms with Gasteiger partial charge in [-0.25, -0.2) is 0 Å². The molecular formula is C15H24N2O. The Morgan fingerprint density at radius 2 is 1.94 bits per heavy atom. The van der Waals surface area contributed by atoms with E-state index in [4.69, 9.17) is 0 Å². The van der Waals surface area contributed by atoms with Gasteiger partial charge in [0.05, 0.1) is 0 Å². The van der Waals surface area contributed by atoms with Crippen LogP contribution in [0.4, 0.5) is 0 Å². The first-order chi connectivity index (χ1) is 8.76. The molecule has 0 radical (unpaired) electrons. The van der Waals surface area contributed by atoms with Crippen LogP contribution in [0.1, 0.15) is 50.6 Å². The summed E-state index contributed by atoms with van der Waals surface area (Å²) >= 11 is 0. The first-order valence-electron chi connectivity index (χ1n) is 7.00. The summed E-state index contributed by atoms with van der Waals surface area (Å²) in [5.41, 5.74) is 1.37. The molecule has 0 aromatic carbocycles. The first-order valence-corrected chi connectivity index (χ1v) is 7.00. The minimum absolute atomic E-state index is 0.111. The van der Waals surface area contributed by atoms with Crippen molar-refractivity contribution in [3.63, 3.8) is 0 Å². The number of aromatic nitrogens is 1. The number of nitrogens with zero attached hydrogens (tertiary/aromatic N) is 1. The maximum Gasteiger partial charge on any atom is 0.0499 e. The lowest BCUT2D eigenvalue weighted by molar-refractivity contribution is 0.0789. The second kappa shape index (κ2) is 6.30. The minimum Gasteiger partial charge on any atom is -0.396 e. The maximum absolute atomic E-state index is 9.67. The van der Waals surface area contributed by atoms with Crippen molar-refractivity contribution in [2.75, 3.05) is 13.2 Å². The zero-order valence-corrected chi connectivity index (χ0v) is 11.2. The lowest BCUT2D eigenvalue weighted by Crippen LogP contribution is -2.39. The highest BCUT2D eigenvalue weighted by molar-refractivity contribution is 5.14. The van der Waals surface area contributed by atoms with E-state index >= 15 is 0 Å². The molecule has 1 saturated carbocycles. The highest BCUT2D eigenvalue weighted by Gasteiger charge is 2.31. The number of hydrogen-bond donors (Lipinski definition) is 2. The lowest BCUT2D eigenvalue weighted by atomic mass is 9.74. The van der Waals surface area contributed by atoms with Gasteiger partial charge in [-0.2, -0.15) is 0 Å². The van der Waals surface area contributed by atoms with Crippen molar-refractivity contribution in [2.24, 2.45) is 5.41 Å². The van der Waals surface area contributed by atoms with Gasteiger partial charge in [-0.3, -0.25) is 4.98 Å². The van der Waals surface area contributed by atoms with E-state index in [2.05, 4.69) is 17.2 Å². The third-order valence-electron chi connectivity index (χ3n) is 4.24. The summed E-state index contributed by atoms with van der Waals surface area (Å²) in [6, 6.07) is 4.41. The molecule has 0 saturated heterocycles. The van der Waals surface area contributed by atoms with E-state index in [9.17, 15) is 5.11 Å². The number of aliphatic hydroxyl groups is 1. The summed E-state index contributed by atoms with van der Waals surface area (Å²) in [7, 11) is 0. The molecule has 1 aromatic rings. The summed E-state index contributed by atoms with van der Waals surface area (Å²) in [6.07, 6.45) is 9.80. The van der Waals surface area contributed by atoms with E-state index in [1.807, 2.05) is 24.5 Å². The number of hydrogen-bond acceptors (Lipinski definition) is 3. The van der Waals surface area contributed by atoms with Crippen LogP contribution in [0.2, 0.25) is 0 Å². The van der Waals surface area contributed by atoms with Crippen LogP contribution >= 0.6 is 0 Å². The fourth-order valence-corrected chi connectivity index (χ4v) is 2.83. The zero-order chi connectivity index (χ0) is 12.8. The van der Waals surface area contributed by atoms with Gasteiger partial charge in [0.15, 0.2) is 0 Å². The van der Waals surface area contributed by atoms with Gasteiger partial charge >= 0.3 is 0 Å². The molecule has 1 aromatic heterocycles. The number of nitrogens with one attached hydrogen (secondary N) is 1. The maximum atomic E-state index is 9.67. The molecule has 1 fully saturated rings. The molecule has 3 nitrogen and oxygen atoms in total. The van der Waals surface area contributed by atoms with Crippen molar-refractivity contribution in [1.29, 1.82) is 0 Å². The van der Waals surface area contributed by atoms with Crippen LogP contribution in [0, 0.1) is 5.41 Å². The van der Waals surface area contributed by atoms with Crippen molar-refractivity contribution in [2.45, 2.75) is 45.1 Å². The van der Waals surface area contributed by atoms with Crippen LogP contribution in [-0.2, 0) is 0 Å². The van der Waals surface area contributed by atoms with E-state index < -0.39 is 0 Å². The number of pyridine rings is 1. The van der Waals surface area contributed by atoms with Crippen LogP contribution in [-0.4, -0.2) is 23.2 Å². The molecule has 18 heavy (non-hydrogen) atoms. The van der Waals surface area contributed by atoms with Gasteiger partial charge in [0, 0.05) is 37.0 Å². The van der Waals surface area contributed by atoms with Crippen LogP contribution in [0.25, 0.3) is 0 Å². The molecule has 100 valence electrons. The van der Waals surface area contributed by atoms with Gasteiger partial charge in [-0.15, -0.1) is 0 Å². The topological polar surface area (TPSA) is 45.1 Å². The van der Waals surface area contributed by atoms with Crippen molar-refractivity contribution in [1.82, 2.24) is 10.3 Å². The third-order valence-corrected chi connectivity index (χ3v) is 4.24. The van der Waals surface area contributed by atoms with E-state index in [0.717, 1.165) is 19.4 Å². The molecule has 1 aliphatic rings. The monoisotopic (exact) mass is 248 g/mol. The summed E-state index contributed by atoms with van der Waals surface area (Å²) in [5, 5.41) is 13.2.